The molecule has 0 fully saturated rings. The van der Waals surface area contributed by atoms with Gasteiger partial charge in [-0.05, 0) is 35.9 Å². The molecule has 0 aliphatic carbocycles. The number of benzene rings is 2. The van der Waals surface area contributed by atoms with Crippen LogP contribution in [0.3, 0.4) is 0 Å². The summed E-state index contributed by atoms with van der Waals surface area (Å²) in [4.78, 5) is 0. The number of hydrogen-bond donors (Lipinski definition) is 1. The molecule has 0 aliphatic heterocycles. The lowest BCUT2D eigenvalue weighted by Gasteiger charge is -2.06. The first-order valence-electron chi connectivity index (χ1n) is 4.52. The average Bonchev–Trinajstić information content (AvgIpc) is 2.26. The van der Waals surface area contributed by atoms with Gasteiger partial charge in [0.1, 0.15) is 11.6 Å². The zero-order valence-corrected chi connectivity index (χ0v) is 9.56. The molecule has 82 valence electrons. The summed E-state index contributed by atoms with van der Waals surface area (Å²) in [6, 6.07) is 8.71. The first-order chi connectivity index (χ1) is 7.58. The van der Waals surface area contributed by atoms with E-state index < -0.39 is 0 Å². The lowest BCUT2D eigenvalue weighted by atomic mass is 10.1. The smallest absolute Gasteiger partial charge is 0.134 e. The first kappa shape index (κ1) is 11.2. The molecule has 0 atom stereocenters. The van der Waals surface area contributed by atoms with Crippen LogP contribution in [0.15, 0.2) is 36.4 Å². The highest BCUT2D eigenvalue weighted by molar-refractivity contribution is 6.33. The van der Waals surface area contributed by atoms with Crippen LogP contribution in [0.25, 0.3) is 11.1 Å². The van der Waals surface area contributed by atoms with Crippen molar-refractivity contribution >= 4 is 23.2 Å². The van der Waals surface area contributed by atoms with Gasteiger partial charge >= 0.3 is 0 Å². The number of aromatic hydroxyl groups is 1. The van der Waals surface area contributed by atoms with Crippen molar-refractivity contribution in [1.29, 1.82) is 0 Å². The lowest BCUT2D eigenvalue weighted by molar-refractivity contribution is 0.476. The van der Waals surface area contributed by atoms with E-state index in [2.05, 4.69) is 0 Å². The Hall–Kier alpha value is -1.25. The van der Waals surface area contributed by atoms with Crippen LogP contribution in [-0.4, -0.2) is 5.11 Å². The summed E-state index contributed by atoms with van der Waals surface area (Å²) in [5, 5.41) is 10.1. The maximum Gasteiger partial charge on any atom is 0.134 e. The second-order valence-corrected chi connectivity index (χ2v) is 4.10. The lowest BCUT2D eigenvalue weighted by Crippen LogP contribution is -1.82. The third-order valence-corrected chi connectivity index (χ3v) is 2.83. The largest absolute Gasteiger partial charge is 0.506 e. The topological polar surface area (TPSA) is 20.2 Å². The number of phenolic OH excluding ortho intramolecular Hbond substituents is 1. The van der Waals surface area contributed by atoms with Crippen molar-refractivity contribution in [2.45, 2.75) is 0 Å². The molecule has 0 spiro atoms. The normalized spacial score (nSPS) is 10.4. The predicted molar refractivity (Wildman–Crippen MR) is 63.5 cm³/mol. The van der Waals surface area contributed by atoms with E-state index in [1.807, 2.05) is 0 Å². The summed E-state index contributed by atoms with van der Waals surface area (Å²) in [5.41, 5.74) is 1.14. The number of hydrogen-bond acceptors (Lipinski definition) is 1. The van der Waals surface area contributed by atoms with Crippen molar-refractivity contribution in [3.05, 3.63) is 52.3 Å². The van der Waals surface area contributed by atoms with Crippen LogP contribution in [-0.2, 0) is 0 Å². The maximum absolute atomic E-state index is 13.1. The monoisotopic (exact) mass is 256 g/mol. The minimum atomic E-state index is -0.381. The summed E-state index contributed by atoms with van der Waals surface area (Å²) in [5.74, 6) is -0.437. The van der Waals surface area contributed by atoms with E-state index >= 15 is 0 Å². The summed E-state index contributed by atoms with van der Waals surface area (Å²) < 4.78 is 13.1. The van der Waals surface area contributed by atoms with Crippen molar-refractivity contribution in [3.8, 4) is 16.9 Å². The van der Waals surface area contributed by atoms with E-state index in [1.54, 1.807) is 6.07 Å². The molecule has 2 aromatic carbocycles. The van der Waals surface area contributed by atoms with Crippen molar-refractivity contribution in [2.24, 2.45) is 0 Å². The molecule has 0 saturated carbocycles. The Morgan fingerprint density at radius 3 is 2.31 bits per heavy atom. The number of halogens is 3. The summed E-state index contributed by atoms with van der Waals surface area (Å²) in [6.45, 7) is 0. The van der Waals surface area contributed by atoms with Gasteiger partial charge in [-0.25, -0.2) is 4.39 Å². The van der Waals surface area contributed by atoms with Gasteiger partial charge in [0.25, 0.3) is 0 Å². The van der Waals surface area contributed by atoms with Gasteiger partial charge in [-0.15, -0.1) is 0 Å². The summed E-state index contributed by atoms with van der Waals surface area (Å²) in [6.07, 6.45) is 0. The molecule has 0 aliphatic rings. The fourth-order valence-electron chi connectivity index (χ4n) is 1.40. The van der Waals surface area contributed by atoms with Crippen LogP contribution in [0.4, 0.5) is 4.39 Å². The van der Waals surface area contributed by atoms with Crippen LogP contribution in [0.5, 0.6) is 5.75 Å². The molecule has 2 aromatic rings. The Bertz CT molecular complexity index is 541. The molecule has 16 heavy (non-hydrogen) atoms. The minimum Gasteiger partial charge on any atom is -0.506 e. The van der Waals surface area contributed by atoms with Crippen LogP contribution < -0.4 is 0 Å². The average molecular weight is 257 g/mol. The molecule has 1 nitrogen and oxygen atoms in total. The van der Waals surface area contributed by atoms with E-state index in [0.717, 1.165) is 0 Å². The van der Waals surface area contributed by atoms with Gasteiger partial charge in [-0.1, -0.05) is 29.3 Å². The predicted octanol–water partition coefficient (Wildman–Crippen LogP) is 4.51. The number of phenols is 1. The quantitative estimate of drug-likeness (QED) is 0.797. The zero-order chi connectivity index (χ0) is 11.7. The van der Waals surface area contributed by atoms with Gasteiger partial charge in [0, 0.05) is 10.6 Å². The molecule has 0 radical (unpaired) electrons. The second kappa shape index (κ2) is 4.32. The fraction of sp³-hybridized carbons (Fsp3) is 0. The molecule has 0 amide bonds. The summed E-state index contributed by atoms with van der Waals surface area (Å²) in [7, 11) is 0. The molecule has 0 unspecified atom stereocenters. The Kier molecular flexibility index (Phi) is 3.03. The van der Waals surface area contributed by atoms with Gasteiger partial charge in [-0.2, -0.15) is 0 Å². The van der Waals surface area contributed by atoms with Crippen molar-refractivity contribution in [3.63, 3.8) is 0 Å². The molecule has 1 N–H and O–H groups in total. The van der Waals surface area contributed by atoms with E-state index in [-0.39, 0.29) is 16.6 Å². The molecular weight excluding hydrogens is 250 g/mol. The molecule has 4 heteroatoms. The van der Waals surface area contributed by atoms with E-state index in [9.17, 15) is 9.50 Å². The summed E-state index contributed by atoms with van der Waals surface area (Å²) >= 11 is 11.6. The second-order valence-electron chi connectivity index (χ2n) is 3.29. The third-order valence-electron chi connectivity index (χ3n) is 2.19. The molecule has 2 rings (SSSR count). The van der Waals surface area contributed by atoms with E-state index in [0.29, 0.717) is 16.1 Å². The SMILES string of the molecule is Oc1cc(-c2cc(F)ccc2Cl)ccc1Cl. The van der Waals surface area contributed by atoms with Crippen molar-refractivity contribution < 1.29 is 9.50 Å². The fourth-order valence-corrected chi connectivity index (χ4v) is 1.74. The molecule has 0 saturated heterocycles. The van der Waals surface area contributed by atoms with Gasteiger partial charge in [0.05, 0.1) is 5.02 Å². The Labute approximate surface area is 102 Å². The maximum atomic E-state index is 13.1. The molecule has 0 bridgehead atoms. The minimum absolute atomic E-state index is 0.0560. The van der Waals surface area contributed by atoms with Gasteiger partial charge < -0.3 is 5.11 Å². The van der Waals surface area contributed by atoms with Crippen LogP contribution >= 0.6 is 23.2 Å². The highest BCUT2D eigenvalue weighted by Crippen LogP contribution is 2.33. The van der Waals surface area contributed by atoms with E-state index in [4.69, 9.17) is 23.2 Å². The Morgan fingerprint density at radius 2 is 1.62 bits per heavy atom. The standard InChI is InChI=1S/C12H7Cl2FO/c13-10-4-2-8(15)6-9(10)7-1-3-11(14)12(16)5-7/h1-6,16H. The molecule has 0 aromatic heterocycles. The zero-order valence-electron chi connectivity index (χ0n) is 8.05. The van der Waals surface area contributed by atoms with Crippen LogP contribution in [0.2, 0.25) is 10.0 Å². The molecular formula is C12H7Cl2FO. The number of rotatable bonds is 1. The van der Waals surface area contributed by atoms with Gasteiger partial charge in [-0.3, -0.25) is 0 Å². The Morgan fingerprint density at radius 1 is 0.938 bits per heavy atom. The van der Waals surface area contributed by atoms with E-state index in [1.165, 1.54) is 30.3 Å². The van der Waals surface area contributed by atoms with Crippen molar-refractivity contribution in [1.82, 2.24) is 0 Å². The first-order valence-corrected chi connectivity index (χ1v) is 5.27. The third kappa shape index (κ3) is 2.13. The van der Waals surface area contributed by atoms with Gasteiger partial charge in [0.15, 0.2) is 0 Å². The Balaban J connectivity index is 2.58. The van der Waals surface area contributed by atoms with Gasteiger partial charge in [0.2, 0.25) is 0 Å². The van der Waals surface area contributed by atoms with Crippen molar-refractivity contribution in [2.75, 3.05) is 0 Å². The molecule has 0 heterocycles. The van der Waals surface area contributed by atoms with Crippen LogP contribution in [0.1, 0.15) is 0 Å². The highest BCUT2D eigenvalue weighted by atomic mass is 35.5. The highest BCUT2D eigenvalue weighted by Gasteiger charge is 2.07. The van der Waals surface area contributed by atoms with Crippen LogP contribution in [0, 0.1) is 5.82 Å².